The lowest BCUT2D eigenvalue weighted by Crippen LogP contribution is -1.97. The van der Waals surface area contributed by atoms with Gasteiger partial charge in [-0.05, 0) is 23.8 Å². The Morgan fingerprint density at radius 3 is 2.63 bits per heavy atom. The van der Waals surface area contributed by atoms with Crippen molar-refractivity contribution in [2.45, 2.75) is 31.6 Å². The molecular formula is C16H18ClNS. The molecule has 0 radical (unpaired) electrons. The number of rotatable bonds is 4. The van der Waals surface area contributed by atoms with Gasteiger partial charge in [-0.25, -0.2) is 0 Å². The number of hydrogen-bond donors (Lipinski definition) is 0. The second-order valence-electron chi connectivity index (χ2n) is 4.67. The lowest BCUT2D eigenvalue weighted by Gasteiger charge is -2.13. The number of benzene rings is 1. The zero-order chi connectivity index (χ0) is 13.8. The van der Waals surface area contributed by atoms with Gasteiger partial charge in [0.25, 0.3) is 0 Å². The summed E-state index contributed by atoms with van der Waals surface area (Å²) in [5, 5.41) is 0.772. The van der Waals surface area contributed by atoms with Crippen LogP contribution < -0.4 is 0 Å². The maximum Gasteiger partial charge on any atom is 0.0565 e. The Balaban J connectivity index is 2.49. The minimum atomic E-state index is 0.439. The van der Waals surface area contributed by atoms with Gasteiger partial charge in [0, 0.05) is 27.2 Å². The van der Waals surface area contributed by atoms with E-state index in [1.807, 2.05) is 42.2 Å². The van der Waals surface area contributed by atoms with Crippen molar-refractivity contribution < 1.29 is 0 Å². The van der Waals surface area contributed by atoms with E-state index in [-0.39, 0.29) is 0 Å². The largest absolute Gasteiger partial charge is 0.259 e. The molecule has 1 aromatic heterocycles. The van der Waals surface area contributed by atoms with Gasteiger partial charge in [0.15, 0.2) is 0 Å². The summed E-state index contributed by atoms with van der Waals surface area (Å²) in [7, 11) is 0. The quantitative estimate of drug-likeness (QED) is 0.676. The Morgan fingerprint density at radius 1 is 1.26 bits per heavy atom. The molecule has 100 valence electrons. The molecule has 0 aliphatic heterocycles. The van der Waals surface area contributed by atoms with Gasteiger partial charge in [-0.1, -0.05) is 50.6 Å². The fraction of sp³-hybridized carbons (Fsp3) is 0.312. The molecule has 19 heavy (non-hydrogen) atoms. The average Bonchev–Trinajstić information content (AvgIpc) is 2.39. The summed E-state index contributed by atoms with van der Waals surface area (Å²) in [6.07, 6.45) is 1.93. The highest BCUT2D eigenvalue weighted by atomic mass is 35.5. The Bertz CT molecular complexity index is 566. The molecule has 1 aromatic carbocycles. The van der Waals surface area contributed by atoms with E-state index in [4.69, 9.17) is 11.6 Å². The monoisotopic (exact) mass is 291 g/mol. The van der Waals surface area contributed by atoms with Gasteiger partial charge in [-0.3, -0.25) is 4.98 Å². The van der Waals surface area contributed by atoms with Crippen molar-refractivity contribution in [1.29, 1.82) is 0 Å². The van der Waals surface area contributed by atoms with Crippen molar-refractivity contribution in [2.75, 3.05) is 5.75 Å². The van der Waals surface area contributed by atoms with Crippen molar-refractivity contribution in [3.05, 3.63) is 47.2 Å². The van der Waals surface area contributed by atoms with Crippen LogP contribution in [-0.2, 0) is 0 Å². The van der Waals surface area contributed by atoms with E-state index < -0.39 is 0 Å². The van der Waals surface area contributed by atoms with Gasteiger partial charge in [0.2, 0.25) is 0 Å². The summed E-state index contributed by atoms with van der Waals surface area (Å²) in [5.74, 6) is 1.49. The summed E-state index contributed by atoms with van der Waals surface area (Å²) < 4.78 is 0. The molecule has 0 saturated heterocycles. The minimum Gasteiger partial charge on any atom is -0.259 e. The number of nitrogens with zero attached hydrogens (tertiary/aromatic N) is 1. The Hall–Kier alpha value is -0.990. The zero-order valence-electron chi connectivity index (χ0n) is 11.5. The second-order valence-corrected chi connectivity index (χ2v) is 6.39. The van der Waals surface area contributed by atoms with Gasteiger partial charge in [0.1, 0.15) is 0 Å². The number of thioether (sulfide) groups is 1. The fourth-order valence-corrected chi connectivity index (χ4v) is 3.20. The van der Waals surface area contributed by atoms with E-state index in [2.05, 4.69) is 31.8 Å². The highest BCUT2D eigenvalue weighted by Crippen LogP contribution is 2.33. The molecular weight excluding hydrogens is 274 g/mol. The molecule has 0 spiro atoms. The van der Waals surface area contributed by atoms with Crippen molar-refractivity contribution in [3.63, 3.8) is 0 Å². The van der Waals surface area contributed by atoms with Gasteiger partial charge >= 0.3 is 0 Å². The van der Waals surface area contributed by atoms with Gasteiger partial charge in [-0.15, -0.1) is 11.8 Å². The third-order valence-corrected chi connectivity index (χ3v) is 4.17. The van der Waals surface area contributed by atoms with Crippen LogP contribution in [0.5, 0.6) is 0 Å². The highest BCUT2D eigenvalue weighted by Gasteiger charge is 2.11. The third kappa shape index (κ3) is 3.31. The van der Waals surface area contributed by atoms with Gasteiger partial charge < -0.3 is 0 Å². The van der Waals surface area contributed by atoms with Crippen LogP contribution in [0, 0.1) is 0 Å². The lowest BCUT2D eigenvalue weighted by atomic mass is 10.0. The standard InChI is InChI=1S/C16H18ClNS/c1-4-19-15-9-12(10-18-16(15)11(2)3)13-7-5-6-8-14(13)17/h5-11H,4H2,1-3H3. The summed E-state index contributed by atoms with van der Waals surface area (Å²) in [4.78, 5) is 5.89. The van der Waals surface area contributed by atoms with Crippen LogP contribution in [0.3, 0.4) is 0 Å². The summed E-state index contributed by atoms with van der Waals surface area (Å²) in [6.45, 7) is 6.52. The van der Waals surface area contributed by atoms with Crippen LogP contribution in [0.15, 0.2) is 41.4 Å². The molecule has 1 nitrogen and oxygen atoms in total. The number of pyridine rings is 1. The smallest absolute Gasteiger partial charge is 0.0565 e. The molecule has 2 rings (SSSR count). The first-order chi connectivity index (χ1) is 9.13. The molecule has 0 amide bonds. The van der Waals surface area contributed by atoms with Crippen LogP contribution in [0.1, 0.15) is 32.4 Å². The maximum atomic E-state index is 6.26. The van der Waals surface area contributed by atoms with E-state index in [1.54, 1.807) is 0 Å². The predicted octanol–water partition coefficient (Wildman–Crippen LogP) is 5.64. The van der Waals surface area contributed by atoms with E-state index in [0.717, 1.165) is 21.9 Å². The first-order valence-corrected chi connectivity index (χ1v) is 7.87. The Morgan fingerprint density at radius 2 is 2.00 bits per heavy atom. The van der Waals surface area contributed by atoms with Crippen LogP contribution in [0.25, 0.3) is 11.1 Å². The van der Waals surface area contributed by atoms with Gasteiger partial charge in [0.05, 0.1) is 5.69 Å². The van der Waals surface area contributed by atoms with Crippen LogP contribution in [-0.4, -0.2) is 10.7 Å². The second kappa shape index (κ2) is 6.44. The van der Waals surface area contributed by atoms with Gasteiger partial charge in [-0.2, -0.15) is 0 Å². The van der Waals surface area contributed by atoms with Crippen LogP contribution >= 0.6 is 23.4 Å². The Kier molecular flexibility index (Phi) is 4.89. The van der Waals surface area contributed by atoms with Crippen LogP contribution in [0.2, 0.25) is 5.02 Å². The van der Waals surface area contributed by atoms with Crippen molar-refractivity contribution >= 4 is 23.4 Å². The van der Waals surface area contributed by atoms with E-state index in [9.17, 15) is 0 Å². The fourth-order valence-electron chi connectivity index (χ4n) is 2.00. The van der Waals surface area contributed by atoms with Crippen molar-refractivity contribution in [2.24, 2.45) is 0 Å². The first-order valence-electron chi connectivity index (χ1n) is 6.51. The molecule has 0 aliphatic rings. The molecule has 0 saturated carbocycles. The van der Waals surface area contributed by atoms with Crippen molar-refractivity contribution in [3.8, 4) is 11.1 Å². The number of aromatic nitrogens is 1. The molecule has 0 fully saturated rings. The topological polar surface area (TPSA) is 12.9 Å². The molecule has 3 heteroatoms. The molecule has 2 aromatic rings. The normalized spacial score (nSPS) is 11.0. The summed E-state index contributed by atoms with van der Waals surface area (Å²) >= 11 is 8.10. The van der Waals surface area contributed by atoms with Crippen LogP contribution in [0.4, 0.5) is 0 Å². The average molecular weight is 292 g/mol. The van der Waals surface area contributed by atoms with E-state index in [0.29, 0.717) is 5.92 Å². The predicted molar refractivity (Wildman–Crippen MR) is 85.2 cm³/mol. The molecule has 1 heterocycles. The maximum absolute atomic E-state index is 6.26. The Labute approximate surface area is 124 Å². The molecule has 0 bridgehead atoms. The third-order valence-electron chi connectivity index (χ3n) is 2.91. The molecule has 0 atom stereocenters. The SMILES string of the molecule is CCSc1cc(-c2ccccc2Cl)cnc1C(C)C. The number of hydrogen-bond acceptors (Lipinski definition) is 2. The summed E-state index contributed by atoms with van der Waals surface area (Å²) in [6, 6.07) is 10.1. The molecule has 0 unspecified atom stereocenters. The zero-order valence-corrected chi connectivity index (χ0v) is 13.1. The first kappa shape index (κ1) is 14.4. The van der Waals surface area contributed by atoms with E-state index in [1.165, 1.54) is 10.6 Å². The lowest BCUT2D eigenvalue weighted by molar-refractivity contribution is 0.796. The summed E-state index contributed by atoms with van der Waals surface area (Å²) in [5.41, 5.74) is 3.30. The molecule has 0 N–H and O–H groups in total. The molecule has 0 aliphatic carbocycles. The minimum absolute atomic E-state index is 0.439. The number of halogens is 1. The van der Waals surface area contributed by atoms with E-state index >= 15 is 0 Å². The highest BCUT2D eigenvalue weighted by molar-refractivity contribution is 7.99. The van der Waals surface area contributed by atoms with Crippen molar-refractivity contribution in [1.82, 2.24) is 4.98 Å².